The minimum atomic E-state index is -0.237. The largest absolute Gasteiger partial charge is 0.343 e. The van der Waals surface area contributed by atoms with Crippen molar-refractivity contribution in [2.24, 2.45) is 7.05 Å². The molecule has 0 saturated heterocycles. The maximum absolute atomic E-state index is 12.2. The molecule has 0 fully saturated rings. The summed E-state index contributed by atoms with van der Waals surface area (Å²) in [5.74, 6) is -0.409. The highest BCUT2D eigenvalue weighted by atomic mass is 16.2. The van der Waals surface area contributed by atoms with Gasteiger partial charge in [-0.05, 0) is 12.5 Å². The van der Waals surface area contributed by atoms with Crippen molar-refractivity contribution >= 4 is 17.5 Å². The molecule has 0 unspecified atom stereocenters. The van der Waals surface area contributed by atoms with Crippen molar-refractivity contribution in [2.75, 3.05) is 19.4 Å². The molecule has 1 N–H and O–H groups in total. The van der Waals surface area contributed by atoms with Gasteiger partial charge in [-0.25, -0.2) is 0 Å². The molecule has 0 aliphatic heterocycles. The zero-order valence-corrected chi connectivity index (χ0v) is 13.3. The summed E-state index contributed by atoms with van der Waals surface area (Å²) in [5, 5.41) is 7.02. The van der Waals surface area contributed by atoms with E-state index < -0.39 is 0 Å². The molecule has 0 atom stereocenters. The van der Waals surface area contributed by atoms with Crippen molar-refractivity contribution in [3.63, 3.8) is 0 Å². The smallest absolute Gasteiger partial charge is 0.276 e. The van der Waals surface area contributed by atoms with E-state index in [1.54, 1.807) is 25.8 Å². The van der Waals surface area contributed by atoms with Gasteiger partial charge in [0.25, 0.3) is 5.91 Å². The molecule has 2 amide bonds. The normalized spacial score (nSPS) is 10.4. The highest BCUT2D eigenvalue weighted by Crippen LogP contribution is 2.21. The lowest BCUT2D eigenvalue weighted by Gasteiger charge is -2.11. The van der Waals surface area contributed by atoms with Crippen LogP contribution < -0.4 is 5.32 Å². The summed E-state index contributed by atoms with van der Waals surface area (Å²) >= 11 is 0. The molecule has 1 heterocycles. The van der Waals surface area contributed by atoms with E-state index in [1.807, 2.05) is 37.3 Å². The molecule has 22 heavy (non-hydrogen) atoms. The highest BCUT2D eigenvalue weighted by molar-refractivity contribution is 6.03. The van der Waals surface area contributed by atoms with E-state index in [-0.39, 0.29) is 23.9 Å². The molecule has 6 nitrogen and oxygen atoms in total. The lowest BCUT2D eigenvalue weighted by Crippen LogP contribution is -2.24. The Kier molecular flexibility index (Phi) is 4.60. The second kappa shape index (κ2) is 6.43. The van der Waals surface area contributed by atoms with Gasteiger partial charge in [0.05, 0.1) is 17.8 Å². The second-order valence-corrected chi connectivity index (χ2v) is 5.34. The van der Waals surface area contributed by atoms with Gasteiger partial charge in [-0.3, -0.25) is 14.3 Å². The van der Waals surface area contributed by atoms with Crippen molar-refractivity contribution in [1.29, 1.82) is 0 Å². The average molecular weight is 300 g/mol. The molecule has 1 aromatic carbocycles. The van der Waals surface area contributed by atoms with Crippen LogP contribution in [0.25, 0.3) is 0 Å². The monoisotopic (exact) mass is 300 g/mol. The number of rotatable bonds is 4. The first kappa shape index (κ1) is 15.8. The fraction of sp³-hybridized carbons (Fsp3) is 0.312. The molecule has 0 aliphatic rings. The first-order valence-electron chi connectivity index (χ1n) is 6.99. The Bertz CT molecular complexity index is 690. The van der Waals surface area contributed by atoms with Gasteiger partial charge < -0.3 is 10.2 Å². The summed E-state index contributed by atoms with van der Waals surface area (Å²) in [6, 6.07) is 9.46. The number of carbonyl (C=O) groups excluding carboxylic acids is 2. The van der Waals surface area contributed by atoms with Gasteiger partial charge in [0, 0.05) is 21.1 Å². The van der Waals surface area contributed by atoms with Gasteiger partial charge in [-0.1, -0.05) is 30.3 Å². The van der Waals surface area contributed by atoms with E-state index in [1.165, 1.54) is 4.90 Å². The SMILES string of the molecule is Cc1c(NC(=O)Cc2ccccc2)c(C(=O)N(C)C)nn1C. The van der Waals surface area contributed by atoms with Crippen LogP contribution in [0.3, 0.4) is 0 Å². The summed E-state index contributed by atoms with van der Waals surface area (Å²) < 4.78 is 1.59. The molecule has 0 saturated carbocycles. The second-order valence-electron chi connectivity index (χ2n) is 5.34. The number of aromatic nitrogens is 2. The third-order valence-electron chi connectivity index (χ3n) is 3.41. The van der Waals surface area contributed by atoms with E-state index in [9.17, 15) is 9.59 Å². The van der Waals surface area contributed by atoms with Gasteiger partial charge in [0.15, 0.2) is 5.69 Å². The van der Waals surface area contributed by atoms with Gasteiger partial charge in [0.1, 0.15) is 0 Å². The minimum absolute atomic E-state index is 0.171. The third-order valence-corrected chi connectivity index (χ3v) is 3.41. The molecule has 0 radical (unpaired) electrons. The molecule has 6 heteroatoms. The number of nitrogens with zero attached hydrogens (tertiary/aromatic N) is 3. The Morgan fingerprint density at radius 1 is 1.23 bits per heavy atom. The highest BCUT2D eigenvalue weighted by Gasteiger charge is 2.22. The number of carbonyl (C=O) groups is 2. The number of nitrogens with one attached hydrogen (secondary N) is 1. The molecule has 0 bridgehead atoms. The molecule has 0 spiro atoms. The number of benzene rings is 1. The maximum Gasteiger partial charge on any atom is 0.276 e. The lowest BCUT2D eigenvalue weighted by atomic mass is 10.1. The van der Waals surface area contributed by atoms with Crippen molar-refractivity contribution in [2.45, 2.75) is 13.3 Å². The summed E-state index contributed by atoms with van der Waals surface area (Å²) in [5.41, 5.74) is 2.39. The molecular weight excluding hydrogens is 280 g/mol. The Morgan fingerprint density at radius 3 is 2.45 bits per heavy atom. The fourth-order valence-corrected chi connectivity index (χ4v) is 2.08. The van der Waals surface area contributed by atoms with Gasteiger partial charge >= 0.3 is 0 Å². The Balaban J connectivity index is 2.22. The summed E-state index contributed by atoms with van der Waals surface area (Å²) in [6.45, 7) is 1.82. The topological polar surface area (TPSA) is 67.2 Å². The number of hydrogen-bond donors (Lipinski definition) is 1. The number of anilines is 1. The molecule has 1 aromatic heterocycles. The summed E-state index contributed by atoms with van der Waals surface area (Å²) in [4.78, 5) is 25.8. The Morgan fingerprint density at radius 2 is 1.86 bits per heavy atom. The van der Waals surface area contributed by atoms with E-state index >= 15 is 0 Å². The quantitative estimate of drug-likeness (QED) is 0.933. The van der Waals surface area contributed by atoms with Crippen molar-refractivity contribution in [3.05, 3.63) is 47.3 Å². The first-order chi connectivity index (χ1) is 10.4. The fourth-order valence-electron chi connectivity index (χ4n) is 2.08. The standard InChI is InChI=1S/C16H20N4O2/c1-11-14(15(18-20(11)4)16(22)19(2)3)17-13(21)10-12-8-6-5-7-9-12/h5-9H,10H2,1-4H3,(H,17,21). The summed E-state index contributed by atoms with van der Waals surface area (Å²) in [6.07, 6.45) is 0.255. The van der Waals surface area contributed by atoms with Crippen LogP contribution in [0.4, 0.5) is 5.69 Å². The number of aryl methyl sites for hydroxylation is 1. The lowest BCUT2D eigenvalue weighted by molar-refractivity contribution is -0.115. The zero-order chi connectivity index (χ0) is 16.3. The van der Waals surface area contributed by atoms with Crippen LogP contribution >= 0.6 is 0 Å². The van der Waals surface area contributed by atoms with Crippen molar-refractivity contribution < 1.29 is 9.59 Å². The van der Waals surface area contributed by atoms with Crippen molar-refractivity contribution in [1.82, 2.24) is 14.7 Å². The van der Waals surface area contributed by atoms with E-state index in [0.717, 1.165) is 11.3 Å². The van der Waals surface area contributed by atoms with Gasteiger partial charge in [0.2, 0.25) is 5.91 Å². The summed E-state index contributed by atoms with van der Waals surface area (Å²) in [7, 11) is 5.05. The van der Waals surface area contributed by atoms with Crippen LogP contribution in [0.2, 0.25) is 0 Å². The predicted octanol–water partition coefficient (Wildman–Crippen LogP) is 1.61. The molecule has 0 aliphatic carbocycles. The predicted molar refractivity (Wildman–Crippen MR) is 84.7 cm³/mol. The van der Waals surface area contributed by atoms with Crippen LogP contribution in [-0.4, -0.2) is 40.6 Å². The van der Waals surface area contributed by atoms with Crippen LogP contribution in [0, 0.1) is 6.92 Å². The van der Waals surface area contributed by atoms with Crippen molar-refractivity contribution in [3.8, 4) is 0 Å². The van der Waals surface area contributed by atoms with Gasteiger partial charge in [-0.15, -0.1) is 0 Å². The third kappa shape index (κ3) is 3.33. The molecular formula is C16H20N4O2. The minimum Gasteiger partial charge on any atom is -0.343 e. The maximum atomic E-state index is 12.2. The molecule has 2 aromatic rings. The van der Waals surface area contributed by atoms with Crippen LogP contribution in [-0.2, 0) is 18.3 Å². The first-order valence-corrected chi connectivity index (χ1v) is 6.99. The van der Waals surface area contributed by atoms with Crippen LogP contribution in [0.5, 0.6) is 0 Å². The number of hydrogen-bond acceptors (Lipinski definition) is 3. The Hall–Kier alpha value is -2.63. The molecule has 116 valence electrons. The number of amides is 2. The Labute approximate surface area is 129 Å². The zero-order valence-electron chi connectivity index (χ0n) is 13.3. The van der Waals surface area contributed by atoms with Crippen LogP contribution in [0.1, 0.15) is 21.7 Å². The molecule has 2 rings (SSSR count). The van der Waals surface area contributed by atoms with Crippen LogP contribution in [0.15, 0.2) is 30.3 Å². The van der Waals surface area contributed by atoms with E-state index in [2.05, 4.69) is 10.4 Å². The van der Waals surface area contributed by atoms with Gasteiger partial charge in [-0.2, -0.15) is 5.10 Å². The van der Waals surface area contributed by atoms with E-state index in [4.69, 9.17) is 0 Å². The average Bonchev–Trinajstić information content (AvgIpc) is 2.75. The van der Waals surface area contributed by atoms with E-state index in [0.29, 0.717) is 5.69 Å².